The topological polar surface area (TPSA) is 84.0 Å². The molecule has 2 rings (SSSR count). The fourth-order valence-electron chi connectivity index (χ4n) is 1.50. The first-order valence-corrected chi connectivity index (χ1v) is 5.85. The Bertz CT molecular complexity index is 579. The summed E-state index contributed by atoms with van der Waals surface area (Å²) in [5, 5.41) is 6.65. The molecule has 0 atom stereocenters. The van der Waals surface area contributed by atoms with Crippen LogP contribution in [-0.2, 0) is 0 Å². The standard InChI is InChI=1S/C12H15N5O2/c1-4-19-11-8(6-5-7-13-11)9-14-10(16-15-9)12(18)17(2)3/h5-7H,4H2,1-3H3,(H,14,15,16). The molecule has 0 aromatic carbocycles. The number of amides is 1. The lowest BCUT2D eigenvalue weighted by atomic mass is 10.2. The van der Waals surface area contributed by atoms with Crippen molar-refractivity contribution in [3.05, 3.63) is 24.2 Å². The summed E-state index contributed by atoms with van der Waals surface area (Å²) >= 11 is 0. The average molecular weight is 261 g/mol. The number of carbonyl (C=O) groups is 1. The van der Waals surface area contributed by atoms with Crippen molar-refractivity contribution in [1.29, 1.82) is 0 Å². The third-order valence-corrected chi connectivity index (χ3v) is 2.39. The van der Waals surface area contributed by atoms with Crippen LogP contribution in [0, 0.1) is 0 Å². The molecule has 0 spiro atoms. The minimum atomic E-state index is -0.236. The van der Waals surface area contributed by atoms with Gasteiger partial charge in [0.2, 0.25) is 11.7 Å². The summed E-state index contributed by atoms with van der Waals surface area (Å²) in [4.78, 5) is 21.5. The van der Waals surface area contributed by atoms with Gasteiger partial charge in [0.1, 0.15) is 0 Å². The van der Waals surface area contributed by atoms with Gasteiger partial charge in [-0.25, -0.2) is 9.97 Å². The van der Waals surface area contributed by atoms with Crippen LogP contribution in [-0.4, -0.2) is 51.7 Å². The van der Waals surface area contributed by atoms with Crippen LogP contribution in [0.3, 0.4) is 0 Å². The maximum Gasteiger partial charge on any atom is 0.290 e. The monoisotopic (exact) mass is 261 g/mol. The summed E-state index contributed by atoms with van der Waals surface area (Å²) < 4.78 is 5.41. The van der Waals surface area contributed by atoms with E-state index in [4.69, 9.17) is 4.74 Å². The zero-order chi connectivity index (χ0) is 13.8. The van der Waals surface area contributed by atoms with E-state index in [2.05, 4.69) is 20.2 Å². The van der Waals surface area contributed by atoms with Crippen LogP contribution in [0.2, 0.25) is 0 Å². The number of nitrogens with zero attached hydrogens (tertiary/aromatic N) is 4. The lowest BCUT2D eigenvalue weighted by Crippen LogP contribution is -2.22. The lowest BCUT2D eigenvalue weighted by molar-refractivity contribution is 0.0816. The molecule has 0 saturated heterocycles. The quantitative estimate of drug-likeness (QED) is 0.886. The van der Waals surface area contributed by atoms with Crippen LogP contribution in [0.25, 0.3) is 11.4 Å². The van der Waals surface area contributed by atoms with Crippen LogP contribution in [0.1, 0.15) is 17.5 Å². The molecule has 7 heteroatoms. The minimum absolute atomic E-state index is 0.186. The van der Waals surface area contributed by atoms with Crippen molar-refractivity contribution in [2.75, 3.05) is 20.7 Å². The van der Waals surface area contributed by atoms with Gasteiger partial charge >= 0.3 is 0 Å². The Morgan fingerprint density at radius 1 is 1.47 bits per heavy atom. The van der Waals surface area contributed by atoms with Gasteiger partial charge in [-0.1, -0.05) is 0 Å². The number of rotatable bonds is 4. The number of aromatic nitrogens is 4. The number of aromatic amines is 1. The van der Waals surface area contributed by atoms with Crippen LogP contribution in [0.15, 0.2) is 18.3 Å². The molecule has 19 heavy (non-hydrogen) atoms. The van der Waals surface area contributed by atoms with Crippen molar-refractivity contribution in [2.24, 2.45) is 0 Å². The fraction of sp³-hybridized carbons (Fsp3) is 0.333. The molecule has 0 aliphatic rings. The van der Waals surface area contributed by atoms with Crippen LogP contribution in [0.4, 0.5) is 0 Å². The van der Waals surface area contributed by atoms with Gasteiger partial charge in [0.25, 0.3) is 5.91 Å². The minimum Gasteiger partial charge on any atom is -0.477 e. The Labute approximate surface area is 110 Å². The van der Waals surface area contributed by atoms with E-state index in [1.165, 1.54) is 4.90 Å². The van der Waals surface area contributed by atoms with Crippen molar-refractivity contribution in [3.8, 4) is 17.3 Å². The fourth-order valence-corrected chi connectivity index (χ4v) is 1.50. The Morgan fingerprint density at radius 3 is 2.95 bits per heavy atom. The molecular weight excluding hydrogens is 246 g/mol. The third-order valence-electron chi connectivity index (χ3n) is 2.39. The summed E-state index contributed by atoms with van der Waals surface area (Å²) in [5.74, 6) is 0.793. The Morgan fingerprint density at radius 2 is 2.26 bits per heavy atom. The van der Waals surface area contributed by atoms with E-state index in [9.17, 15) is 4.79 Å². The molecule has 0 fully saturated rings. The molecule has 100 valence electrons. The Kier molecular flexibility index (Phi) is 3.74. The van der Waals surface area contributed by atoms with Crippen molar-refractivity contribution >= 4 is 5.91 Å². The van der Waals surface area contributed by atoms with Gasteiger partial charge < -0.3 is 9.64 Å². The van der Waals surface area contributed by atoms with E-state index < -0.39 is 0 Å². The predicted octanol–water partition coefficient (Wildman–Crippen LogP) is 0.967. The summed E-state index contributed by atoms with van der Waals surface area (Å²) in [6, 6.07) is 3.56. The summed E-state index contributed by atoms with van der Waals surface area (Å²) in [6.45, 7) is 2.37. The Balaban J connectivity index is 2.35. The first kappa shape index (κ1) is 13.0. The van der Waals surface area contributed by atoms with Gasteiger partial charge in [0, 0.05) is 20.3 Å². The number of hydrogen-bond acceptors (Lipinski definition) is 5. The summed E-state index contributed by atoms with van der Waals surface area (Å²) in [5.41, 5.74) is 0.651. The van der Waals surface area contributed by atoms with Gasteiger partial charge in [-0.05, 0) is 19.1 Å². The average Bonchev–Trinajstić information content (AvgIpc) is 2.88. The number of H-pyrrole nitrogens is 1. The molecule has 0 bridgehead atoms. The highest BCUT2D eigenvalue weighted by atomic mass is 16.5. The van der Waals surface area contributed by atoms with Crippen molar-refractivity contribution in [1.82, 2.24) is 25.1 Å². The number of carbonyl (C=O) groups excluding carboxylic acids is 1. The summed E-state index contributed by atoms with van der Waals surface area (Å²) in [7, 11) is 3.31. The van der Waals surface area contributed by atoms with E-state index >= 15 is 0 Å². The number of nitrogens with one attached hydrogen (secondary N) is 1. The van der Waals surface area contributed by atoms with E-state index in [1.54, 1.807) is 32.4 Å². The largest absolute Gasteiger partial charge is 0.477 e. The van der Waals surface area contributed by atoms with Gasteiger partial charge in [-0.3, -0.25) is 9.89 Å². The highest BCUT2D eigenvalue weighted by Gasteiger charge is 2.17. The van der Waals surface area contributed by atoms with Crippen LogP contribution < -0.4 is 4.74 Å². The highest BCUT2D eigenvalue weighted by molar-refractivity contribution is 5.90. The molecule has 0 aliphatic heterocycles. The number of pyridine rings is 1. The van der Waals surface area contributed by atoms with Gasteiger partial charge in [-0.2, -0.15) is 5.10 Å². The van der Waals surface area contributed by atoms with Gasteiger partial charge in [0.05, 0.1) is 12.2 Å². The second-order valence-electron chi connectivity index (χ2n) is 4.00. The third kappa shape index (κ3) is 2.70. The van der Waals surface area contributed by atoms with Crippen LogP contribution in [0.5, 0.6) is 5.88 Å². The maximum atomic E-state index is 11.7. The molecule has 0 saturated carbocycles. The number of hydrogen-bond donors (Lipinski definition) is 1. The normalized spacial score (nSPS) is 10.3. The predicted molar refractivity (Wildman–Crippen MR) is 68.8 cm³/mol. The molecule has 0 unspecified atom stereocenters. The van der Waals surface area contributed by atoms with Gasteiger partial charge in [-0.15, -0.1) is 0 Å². The number of ether oxygens (including phenoxy) is 1. The van der Waals surface area contributed by atoms with E-state index in [-0.39, 0.29) is 11.7 Å². The zero-order valence-electron chi connectivity index (χ0n) is 11.0. The van der Waals surface area contributed by atoms with Crippen molar-refractivity contribution in [2.45, 2.75) is 6.92 Å². The maximum absolute atomic E-state index is 11.7. The first-order chi connectivity index (χ1) is 9.13. The molecule has 0 aliphatic carbocycles. The lowest BCUT2D eigenvalue weighted by Gasteiger charge is -2.06. The second kappa shape index (κ2) is 5.47. The molecule has 2 aromatic heterocycles. The molecule has 1 amide bonds. The molecule has 2 heterocycles. The van der Waals surface area contributed by atoms with Crippen molar-refractivity contribution in [3.63, 3.8) is 0 Å². The SMILES string of the molecule is CCOc1ncccc1-c1n[nH]c(C(=O)N(C)C)n1. The molecule has 2 aromatic rings. The zero-order valence-corrected chi connectivity index (χ0v) is 11.0. The molecule has 1 N–H and O–H groups in total. The Hall–Kier alpha value is -2.44. The van der Waals surface area contributed by atoms with Crippen molar-refractivity contribution < 1.29 is 9.53 Å². The highest BCUT2D eigenvalue weighted by Crippen LogP contribution is 2.24. The smallest absolute Gasteiger partial charge is 0.290 e. The second-order valence-corrected chi connectivity index (χ2v) is 4.00. The van der Waals surface area contributed by atoms with Crippen LogP contribution >= 0.6 is 0 Å². The van der Waals surface area contributed by atoms with E-state index in [0.717, 1.165) is 0 Å². The first-order valence-electron chi connectivity index (χ1n) is 5.85. The van der Waals surface area contributed by atoms with E-state index in [1.807, 2.05) is 6.92 Å². The molecule has 7 nitrogen and oxygen atoms in total. The van der Waals surface area contributed by atoms with Gasteiger partial charge in [0.15, 0.2) is 5.82 Å². The van der Waals surface area contributed by atoms with E-state index in [0.29, 0.717) is 23.9 Å². The summed E-state index contributed by atoms with van der Waals surface area (Å²) in [6.07, 6.45) is 1.63. The molecule has 0 radical (unpaired) electrons. The molecular formula is C12H15N5O2.